The van der Waals surface area contributed by atoms with Gasteiger partial charge in [0.1, 0.15) is 5.75 Å². The molecule has 0 spiro atoms. The predicted octanol–water partition coefficient (Wildman–Crippen LogP) is 2.70. The molecule has 29 heavy (non-hydrogen) atoms. The number of carboxylic acid groups (broad SMARTS) is 1. The third kappa shape index (κ3) is 5.28. The molecule has 0 saturated carbocycles. The van der Waals surface area contributed by atoms with E-state index in [9.17, 15) is 14.4 Å². The first-order valence-corrected chi connectivity index (χ1v) is 10.4. The Morgan fingerprint density at radius 2 is 1.90 bits per heavy atom. The highest BCUT2D eigenvalue weighted by Crippen LogP contribution is 2.35. The van der Waals surface area contributed by atoms with Gasteiger partial charge in [-0.3, -0.25) is 14.4 Å². The number of nitrogens with zero attached hydrogens (tertiary/aromatic N) is 1. The first-order chi connectivity index (χ1) is 13.9. The molecule has 2 aliphatic heterocycles. The van der Waals surface area contributed by atoms with Crippen molar-refractivity contribution in [1.82, 2.24) is 10.2 Å². The molecular weight excluding hydrogens is 372 g/mol. The molecule has 158 valence electrons. The van der Waals surface area contributed by atoms with Crippen LogP contribution in [-0.4, -0.2) is 53.5 Å². The van der Waals surface area contributed by atoms with Crippen molar-refractivity contribution in [3.8, 4) is 5.75 Å². The molecule has 1 atom stereocenters. The van der Waals surface area contributed by atoms with Crippen molar-refractivity contribution in [3.63, 3.8) is 0 Å². The number of rotatable bonds is 8. The second-order valence-electron chi connectivity index (χ2n) is 8.12. The molecule has 7 heteroatoms. The quantitative estimate of drug-likeness (QED) is 0.697. The number of hydrogen-bond donors (Lipinski definition) is 2. The number of carboxylic acids is 1. The van der Waals surface area contributed by atoms with E-state index in [-0.39, 0.29) is 18.2 Å². The summed E-state index contributed by atoms with van der Waals surface area (Å²) in [4.78, 5) is 37.3. The lowest BCUT2D eigenvalue weighted by atomic mass is 9.86. The molecule has 1 unspecified atom stereocenters. The standard InChI is InChI=1S/C22H30N2O5/c1-29-18-5-3-2-4-17(18)16-9-14-24(15-10-16)20(26)7-12-22(13-8-21(27)28)11-6-19(25)23-22/h2-5,16H,6-15H2,1H3,(H,23,25)(H,27,28). The fraction of sp³-hybridized carbons (Fsp3) is 0.591. The van der Waals surface area contributed by atoms with Crippen LogP contribution in [0.1, 0.15) is 62.8 Å². The van der Waals surface area contributed by atoms with Crippen LogP contribution in [0, 0.1) is 0 Å². The summed E-state index contributed by atoms with van der Waals surface area (Å²) in [7, 11) is 1.68. The van der Waals surface area contributed by atoms with Gasteiger partial charge in [-0.2, -0.15) is 0 Å². The Hall–Kier alpha value is -2.57. The molecule has 2 heterocycles. The van der Waals surface area contributed by atoms with Gasteiger partial charge < -0.3 is 20.1 Å². The van der Waals surface area contributed by atoms with Crippen molar-refractivity contribution in [2.24, 2.45) is 0 Å². The van der Waals surface area contributed by atoms with E-state index in [2.05, 4.69) is 11.4 Å². The Morgan fingerprint density at radius 3 is 2.52 bits per heavy atom. The number of carbonyl (C=O) groups excluding carboxylic acids is 2. The smallest absolute Gasteiger partial charge is 0.303 e. The summed E-state index contributed by atoms with van der Waals surface area (Å²) in [6, 6.07) is 8.04. The van der Waals surface area contributed by atoms with Crippen molar-refractivity contribution in [2.75, 3.05) is 20.2 Å². The molecule has 0 aliphatic carbocycles. The van der Waals surface area contributed by atoms with Gasteiger partial charge in [0.15, 0.2) is 0 Å². The molecule has 2 fully saturated rings. The van der Waals surface area contributed by atoms with E-state index in [4.69, 9.17) is 9.84 Å². The lowest BCUT2D eigenvalue weighted by Crippen LogP contribution is -2.44. The highest BCUT2D eigenvalue weighted by Gasteiger charge is 2.38. The van der Waals surface area contributed by atoms with Crippen molar-refractivity contribution < 1.29 is 24.2 Å². The Balaban J connectivity index is 1.52. The Bertz CT molecular complexity index is 757. The number of benzene rings is 1. The van der Waals surface area contributed by atoms with Gasteiger partial charge in [-0.05, 0) is 49.7 Å². The maximum Gasteiger partial charge on any atom is 0.303 e. The fourth-order valence-electron chi connectivity index (χ4n) is 4.57. The molecule has 0 bridgehead atoms. The summed E-state index contributed by atoms with van der Waals surface area (Å²) in [5.41, 5.74) is 0.643. The van der Waals surface area contributed by atoms with Gasteiger partial charge in [0, 0.05) is 37.9 Å². The van der Waals surface area contributed by atoms with Crippen LogP contribution in [0.25, 0.3) is 0 Å². The van der Waals surface area contributed by atoms with Gasteiger partial charge in [-0.15, -0.1) is 0 Å². The normalized spacial score (nSPS) is 22.4. The van der Waals surface area contributed by atoms with Crippen LogP contribution in [0.3, 0.4) is 0 Å². The van der Waals surface area contributed by atoms with Crippen LogP contribution in [0.4, 0.5) is 0 Å². The number of methoxy groups -OCH3 is 1. The van der Waals surface area contributed by atoms with E-state index in [0.717, 1.165) is 18.6 Å². The summed E-state index contributed by atoms with van der Waals surface area (Å²) in [5.74, 6) is 0.427. The molecule has 1 aromatic carbocycles. The Labute approximate surface area is 171 Å². The number of aliphatic carboxylic acids is 1. The third-order valence-electron chi connectivity index (χ3n) is 6.30. The molecule has 2 amide bonds. The monoisotopic (exact) mass is 402 g/mol. The number of amides is 2. The number of likely N-dealkylation sites (tertiary alicyclic amines) is 1. The predicted molar refractivity (Wildman–Crippen MR) is 108 cm³/mol. The van der Waals surface area contributed by atoms with Gasteiger partial charge in [-0.25, -0.2) is 0 Å². The van der Waals surface area contributed by atoms with Crippen LogP contribution in [0.15, 0.2) is 24.3 Å². The van der Waals surface area contributed by atoms with Gasteiger partial charge in [0.05, 0.1) is 7.11 Å². The molecule has 3 rings (SSSR count). The minimum absolute atomic E-state index is 0.00122. The van der Waals surface area contributed by atoms with Gasteiger partial charge in [-0.1, -0.05) is 18.2 Å². The maximum atomic E-state index is 12.8. The van der Waals surface area contributed by atoms with E-state index in [1.165, 1.54) is 5.56 Å². The largest absolute Gasteiger partial charge is 0.496 e. The Morgan fingerprint density at radius 1 is 1.21 bits per heavy atom. The number of piperidine rings is 1. The van der Waals surface area contributed by atoms with Crippen LogP contribution in [-0.2, 0) is 14.4 Å². The van der Waals surface area contributed by atoms with E-state index >= 15 is 0 Å². The number of nitrogens with one attached hydrogen (secondary N) is 1. The van der Waals surface area contributed by atoms with E-state index in [1.807, 2.05) is 23.1 Å². The summed E-state index contributed by atoms with van der Waals surface area (Å²) < 4.78 is 5.47. The first kappa shape index (κ1) is 21.1. The first-order valence-electron chi connectivity index (χ1n) is 10.4. The third-order valence-corrected chi connectivity index (χ3v) is 6.30. The number of para-hydroxylation sites is 1. The molecule has 7 nitrogen and oxygen atoms in total. The van der Waals surface area contributed by atoms with Crippen LogP contribution >= 0.6 is 0 Å². The van der Waals surface area contributed by atoms with E-state index < -0.39 is 11.5 Å². The molecule has 0 radical (unpaired) electrons. The summed E-state index contributed by atoms with van der Waals surface area (Å²) in [6.45, 7) is 1.41. The lowest BCUT2D eigenvalue weighted by molar-refractivity contribution is -0.137. The van der Waals surface area contributed by atoms with E-state index in [0.29, 0.717) is 51.1 Å². The number of carbonyl (C=O) groups is 3. The van der Waals surface area contributed by atoms with Gasteiger partial charge in [0.25, 0.3) is 0 Å². The maximum absolute atomic E-state index is 12.8. The van der Waals surface area contributed by atoms with E-state index in [1.54, 1.807) is 7.11 Å². The molecule has 0 aromatic heterocycles. The molecule has 1 aromatic rings. The summed E-state index contributed by atoms with van der Waals surface area (Å²) >= 11 is 0. The number of hydrogen-bond acceptors (Lipinski definition) is 4. The van der Waals surface area contributed by atoms with Crippen molar-refractivity contribution in [3.05, 3.63) is 29.8 Å². The van der Waals surface area contributed by atoms with Crippen molar-refractivity contribution >= 4 is 17.8 Å². The topological polar surface area (TPSA) is 95.9 Å². The average molecular weight is 402 g/mol. The average Bonchev–Trinajstić information content (AvgIpc) is 3.12. The molecule has 2 N–H and O–H groups in total. The second-order valence-corrected chi connectivity index (χ2v) is 8.12. The summed E-state index contributed by atoms with van der Waals surface area (Å²) in [5, 5.41) is 11.9. The second kappa shape index (κ2) is 9.29. The zero-order chi connectivity index (χ0) is 20.9. The van der Waals surface area contributed by atoms with Crippen LogP contribution in [0.2, 0.25) is 0 Å². The van der Waals surface area contributed by atoms with Gasteiger partial charge >= 0.3 is 5.97 Å². The SMILES string of the molecule is COc1ccccc1C1CCN(C(=O)CCC2(CCC(=O)O)CCC(=O)N2)CC1. The minimum atomic E-state index is -0.879. The van der Waals surface area contributed by atoms with Crippen LogP contribution in [0.5, 0.6) is 5.75 Å². The minimum Gasteiger partial charge on any atom is -0.496 e. The lowest BCUT2D eigenvalue weighted by Gasteiger charge is -2.34. The fourth-order valence-corrected chi connectivity index (χ4v) is 4.57. The molecule has 2 saturated heterocycles. The van der Waals surface area contributed by atoms with Gasteiger partial charge in [0.2, 0.25) is 11.8 Å². The van der Waals surface area contributed by atoms with Crippen LogP contribution < -0.4 is 10.1 Å². The van der Waals surface area contributed by atoms with Crippen molar-refractivity contribution in [2.45, 2.75) is 62.8 Å². The summed E-state index contributed by atoms with van der Waals surface area (Å²) in [6.07, 6.45) is 3.99. The Kier molecular flexibility index (Phi) is 6.77. The van der Waals surface area contributed by atoms with Crippen molar-refractivity contribution in [1.29, 1.82) is 0 Å². The molecule has 2 aliphatic rings. The highest BCUT2D eigenvalue weighted by atomic mass is 16.5. The zero-order valence-corrected chi connectivity index (χ0v) is 17.0. The molecular formula is C22H30N2O5. The highest BCUT2D eigenvalue weighted by molar-refractivity contribution is 5.80. The zero-order valence-electron chi connectivity index (χ0n) is 17.0. The number of ether oxygens (including phenoxy) is 1.